The smallest absolute Gasteiger partial charge is 0.252 e. The number of amides is 2. The van der Waals surface area contributed by atoms with Gasteiger partial charge in [-0.3, -0.25) is 14.4 Å². The molecular weight excluding hydrogens is 328 g/mol. The maximum Gasteiger partial charge on any atom is 0.252 e. The van der Waals surface area contributed by atoms with E-state index in [-0.39, 0.29) is 23.5 Å². The number of nitrogens with one attached hydrogen (secondary N) is 2. The van der Waals surface area contributed by atoms with E-state index in [9.17, 15) is 14.4 Å². The number of anilines is 1. The van der Waals surface area contributed by atoms with E-state index < -0.39 is 6.04 Å². The van der Waals surface area contributed by atoms with Crippen molar-refractivity contribution in [2.24, 2.45) is 5.92 Å². The molecule has 26 heavy (non-hydrogen) atoms. The molecule has 0 aliphatic carbocycles. The maximum atomic E-state index is 12.7. The Labute approximate surface area is 153 Å². The van der Waals surface area contributed by atoms with Crippen LogP contribution in [0.25, 0.3) is 0 Å². The van der Waals surface area contributed by atoms with Crippen molar-refractivity contribution < 1.29 is 14.4 Å². The Kier molecular flexibility index (Phi) is 6.28. The first-order valence-corrected chi connectivity index (χ1v) is 8.58. The van der Waals surface area contributed by atoms with Crippen LogP contribution in [0.5, 0.6) is 0 Å². The fourth-order valence-corrected chi connectivity index (χ4v) is 2.62. The Hall–Kier alpha value is -2.95. The van der Waals surface area contributed by atoms with Crippen molar-refractivity contribution in [1.82, 2.24) is 5.32 Å². The average Bonchev–Trinajstić information content (AvgIpc) is 2.59. The zero-order chi connectivity index (χ0) is 19.3. The zero-order valence-corrected chi connectivity index (χ0v) is 15.5. The van der Waals surface area contributed by atoms with E-state index >= 15 is 0 Å². The van der Waals surface area contributed by atoms with Gasteiger partial charge in [0.2, 0.25) is 5.91 Å². The number of hydrogen-bond acceptors (Lipinski definition) is 3. The summed E-state index contributed by atoms with van der Waals surface area (Å²) in [5.41, 5.74) is 2.44. The quantitative estimate of drug-likeness (QED) is 0.780. The monoisotopic (exact) mass is 352 g/mol. The van der Waals surface area contributed by atoms with Crippen molar-refractivity contribution >= 4 is 23.3 Å². The molecule has 0 radical (unpaired) electrons. The Morgan fingerprint density at radius 1 is 0.962 bits per heavy atom. The van der Waals surface area contributed by atoms with Gasteiger partial charge in [-0.2, -0.15) is 0 Å². The number of benzene rings is 2. The fourth-order valence-electron chi connectivity index (χ4n) is 2.62. The van der Waals surface area contributed by atoms with Crippen molar-refractivity contribution in [3.8, 4) is 0 Å². The molecule has 2 rings (SSSR count). The molecular formula is C21H24N2O3. The molecule has 0 aliphatic rings. The highest BCUT2D eigenvalue weighted by atomic mass is 16.2. The lowest BCUT2D eigenvalue weighted by Gasteiger charge is -2.22. The maximum absolute atomic E-state index is 12.7. The molecule has 0 saturated heterocycles. The third-order valence-electron chi connectivity index (χ3n) is 4.16. The van der Waals surface area contributed by atoms with E-state index in [1.807, 2.05) is 32.9 Å². The number of carbonyl (C=O) groups excluding carboxylic acids is 3. The molecule has 0 fully saturated rings. The summed E-state index contributed by atoms with van der Waals surface area (Å²) in [6.07, 6.45) is 0. The van der Waals surface area contributed by atoms with Crippen LogP contribution in [0.4, 0.5) is 5.69 Å². The molecule has 5 heteroatoms. The Morgan fingerprint density at radius 3 is 2.27 bits per heavy atom. The van der Waals surface area contributed by atoms with Crippen molar-refractivity contribution in [3.05, 3.63) is 65.2 Å². The van der Waals surface area contributed by atoms with E-state index in [0.717, 1.165) is 5.56 Å². The molecule has 0 aliphatic heterocycles. The number of Topliss-reactive ketones (excluding diaryl/α,β-unsaturated/α-hetero) is 1. The summed E-state index contributed by atoms with van der Waals surface area (Å²) >= 11 is 0. The van der Waals surface area contributed by atoms with E-state index in [1.165, 1.54) is 6.92 Å². The normalized spacial score (nSPS) is 11.7. The Balaban J connectivity index is 2.15. The molecule has 0 bridgehead atoms. The van der Waals surface area contributed by atoms with Crippen LogP contribution < -0.4 is 10.6 Å². The van der Waals surface area contributed by atoms with Gasteiger partial charge < -0.3 is 10.6 Å². The van der Waals surface area contributed by atoms with Crippen LogP contribution in [0.2, 0.25) is 0 Å². The molecule has 0 spiro atoms. The fraction of sp³-hybridized carbons (Fsp3) is 0.286. The van der Waals surface area contributed by atoms with Crippen LogP contribution in [0.3, 0.4) is 0 Å². The van der Waals surface area contributed by atoms with Crippen LogP contribution in [0.15, 0.2) is 48.5 Å². The molecule has 5 nitrogen and oxygen atoms in total. The van der Waals surface area contributed by atoms with Crippen LogP contribution in [-0.4, -0.2) is 23.6 Å². The molecule has 0 heterocycles. The average molecular weight is 352 g/mol. The van der Waals surface area contributed by atoms with E-state index in [4.69, 9.17) is 0 Å². The van der Waals surface area contributed by atoms with Gasteiger partial charge in [-0.05, 0) is 43.5 Å². The largest absolute Gasteiger partial charge is 0.340 e. The highest BCUT2D eigenvalue weighted by Crippen LogP contribution is 2.14. The number of carbonyl (C=O) groups is 3. The van der Waals surface area contributed by atoms with Gasteiger partial charge >= 0.3 is 0 Å². The highest BCUT2D eigenvalue weighted by Gasteiger charge is 2.25. The van der Waals surface area contributed by atoms with Gasteiger partial charge in [-0.25, -0.2) is 0 Å². The second-order valence-corrected chi connectivity index (χ2v) is 6.64. The van der Waals surface area contributed by atoms with Crippen LogP contribution in [0, 0.1) is 12.8 Å². The molecule has 0 unspecified atom stereocenters. The first-order chi connectivity index (χ1) is 12.3. The van der Waals surface area contributed by atoms with Crippen molar-refractivity contribution in [3.63, 3.8) is 0 Å². The first-order valence-electron chi connectivity index (χ1n) is 8.58. The summed E-state index contributed by atoms with van der Waals surface area (Å²) in [6, 6.07) is 13.3. The lowest BCUT2D eigenvalue weighted by Crippen LogP contribution is -2.47. The standard InChI is InChI=1S/C21H24N2O3/c1-13(2)19(23-20(25)18-11-6-5-8-14(18)3)21(26)22-17-10-7-9-16(12-17)15(4)24/h5-13,19H,1-4H3,(H,22,26)(H,23,25)/t19-/m0/s1. The van der Waals surface area contributed by atoms with Crippen molar-refractivity contribution in [2.45, 2.75) is 33.7 Å². The van der Waals surface area contributed by atoms with Gasteiger partial charge in [0, 0.05) is 16.8 Å². The van der Waals surface area contributed by atoms with E-state index in [2.05, 4.69) is 10.6 Å². The van der Waals surface area contributed by atoms with E-state index in [1.54, 1.807) is 36.4 Å². The molecule has 2 aromatic carbocycles. The van der Waals surface area contributed by atoms with Gasteiger partial charge in [-0.15, -0.1) is 0 Å². The molecule has 1 atom stereocenters. The zero-order valence-electron chi connectivity index (χ0n) is 15.5. The predicted octanol–water partition coefficient (Wildman–Crippen LogP) is 3.59. The van der Waals surface area contributed by atoms with Gasteiger partial charge in [0.05, 0.1) is 0 Å². The summed E-state index contributed by atoms with van der Waals surface area (Å²) in [7, 11) is 0. The Morgan fingerprint density at radius 2 is 1.65 bits per heavy atom. The molecule has 0 aromatic heterocycles. The summed E-state index contributed by atoms with van der Waals surface area (Å²) in [6.45, 7) is 7.07. The van der Waals surface area contributed by atoms with E-state index in [0.29, 0.717) is 16.8 Å². The molecule has 2 N–H and O–H groups in total. The summed E-state index contributed by atoms with van der Waals surface area (Å²) < 4.78 is 0. The van der Waals surface area contributed by atoms with Crippen molar-refractivity contribution in [2.75, 3.05) is 5.32 Å². The number of rotatable bonds is 6. The summed E-state index contributed by atoms with van der Waals surface area (Å²) in [5.74, 6) is -0.773. The topological polar surface area (TPSA) is 75.3 Å². The minimum Gasteiger partial charge on any atom is -0.340 e. The number of aryl methyl sites for hydroxylation is 1. The first kappa shape index (κ1) is 19.4. The predicted molar refractivity (Wildman–Crippen MR) is 102 cm³/mol. The van der Waals surface area contributed by atoms with Crippen LogP contribution in [-0.2, 0) is 4.79 Å². The minimum atomic E-state index is -0.692. The Bertz CT molecular complexity index is 828. The second-order valence-electron chi connectivity index (χ2n) is 6.64. The molecule has 136 valence electrons. The van der Waals surface area contributed by atoms with Gasteiger partial charge in [-0.1, -0.05) is 44.2 Å². The summed E-state index contributed by atoms with van der Waals surface area (Å²) in [5, 5.41) is 5.60. The lowest BCUT2D eigenvalue weighted by molar-refractivity contribution is -0.118. The SMILES string of the molecule is CC(=O)c1cccc(NC(=O)[C@@H](NC(=O)c2ccccc2C)C(C)C)c1. The van der Waals surface area contributed by atoms with Gasteiger partial charge in [0.25, 0.3) is 5.91 Å². The van der Waals surface area contributed by atoms with Gasteiger partial charge in [0.1, 0.15) is 6.04 Å². The third kappa shape index (κ3) is 4.79. The van der Waals surface area contributed by atoms with Crippen LogP contribution in [0.1, 0.15) is 47.1 Å². The van der Waals surface area contributed by atoms with Crippen molar-refractivity contribution in [1.29, 1.82) is 0 Å². The minimum absolute atomic E-state index is 0.0747. The second kappa shape index (κ2) is 8.43. The molecule has 0 saturated carbocycles. The number of hydrogen-bond donors (Lipinski definition) is 2. The highest BCUT2D eigenvalue weighted by molar-refractivity contribution is 6.02. The summed E-state index contributed by atoms with van der Waals surface area (Å²) in [4.78, 5) is 36.7. The lowest BCUT2D eigenvalue weighted by atomic mass is 10.0. The van der Waals surface area contributed by atoms with Gasteiger partial charge in [0.15, 0.2) is 5.78 Å². The number of ketones is 1. The molecule has 2 amide bonds. The van der Waals surface area contributed by atoms with Crippen LogP contribution >= 0.6 is 0 Å². The third-order valence-corrected chi connectivity index (χ3v) is 4.16. The molecule has 2 aromatic rings.